The summed E-state index contributed by atoms with van der Waals surface area (Å²) in [5, 5.41) is 22.0. The van der Waals surface area contributed by atoms with Crippen LogP contribution in [0.4, 0.5) is 0 Å². The van der Waals surface area contributed by atoms with E-state index >= 15 is 0 Å². The second-order valence-electron chi connectivity index (χ2n) is 6.50. The van der Waals surface area contributed by atoms with Gasteiger partial charge < -0.3 is 19.9 Å². The van der Waals surface area contributed by atoms with E-state index < -0.39 is 23.5 Å². The van der Waals surface area contributed by atoms with Gasteiger partial charge in [0.15, 0.2) is 0 Å². The van der Waals surface area contributed by atoms with Crippen LogP contribution in [-0.2, 0) is 22.4 Å². The zero-order valence-corrected chi connectivity index (χ0v) is 15.1. The molecule has 7 nitrogen and oxygen atoms in total. The Hall–Kier alpha value is -3.61. The summed E-state index contributed by atoms with van der Waals surface area (Å²) in [5.74, 6) is -1.78. The van der Waals surface area contributed by atoms with E-state index in [2.05, 4.69) is 5.32 Å². The summed E-state index contributed by atoms with van der Waals surface area (Å²) in [6, 6.07) is 12.2. The van der Waals surface area contributed by atoms with Crippen molar-refractivity contribution in [2.24, 2.45) is 0 Å². The normalized spacial score (nSPS) is 11.9. The van der Waals surface area contributed by atoms with Crippen molar-refractivity contribution < 1.29 is 24.2 Å². The number of amides is 1. The van der Waals surface area contributed by atoms with Gasteiger partial charge in [-0.3, -0.25) is 4.79 Å². The van der Waals surface area contributed by atoms with Gasteiger partial charge in [-0.2, -0.15) is 0 Å². The number of aliphatic carboxylic acids is 1. The number of nitrogens with one attached hydrogen (secondary N) is 1. The molecule has 1 aromatic heterocycles. The molecule has 0 radical (unpaired) electrons. The van der Waals surface area contributed by atoms with Gasteiger partial charge in [0, 0.05) is 17.9 Å². The van der Waals surface area contributed by atoms with Crippen molar-refractivity contribution in [3.05, 3.63) is 75.6 Å². The van der Waals surface area contributed by atoms with Crippen molar-refractivity contribution in [1.29, 1.82) is 0 Å². The molecule has 0 aliphatic rings. The van der Waals surface area contributed by atoms with Crippen LogP contribution in [-0.4, -0.2) is 28.1 Å². The van der Waals surface area contributed by atoms with Crippen molar-refractivity contribution in [3.63, 3.8) is 0 Å². The highest BCUT2D eigenvalue weighted by molar-refractivity contribution is 5.87. The number of phenolic OH excluding ortho intramolecular Hbond substituents is 1. The second kappa shape index (κ2) is 7.96. The molecule has 0 bridgehead atoms. The topological polar surface area (TPSA) is 117 Å². The maximum atomic E-state index is 12.4. The summed E-state index contributed by atoms with van der Waals surface area (Å²) in [6.07, 6.45) is -0.171. The third-order valence-corrected chi connectivity index (χ3v) is 4.52. The van der Waals surface area contributed by atoms with Crippen LogP contribution >= 0.6 is 0 Å². The van der Waals surface area contributed by atoms with E-state index in [1.54, 1.807) is 37.3 Å². The molecule has 3 rings (SSSR count). The molecule has 3 N–H and O–H groups in total. The molecule has 0 aliphatic carbocycles. The minimum atomic E-state index is -1.16. The lowest BCUT2D eigenvalue weighted by Crippen LogP contribution is -2.43. The number of carbonyl (C=O) groups excluding carboxylic acids is 1. The van der Waals surface area contributed by atoms with Crippen molar-refractivity contribution in [1.82, 2.24) is 5.32 Å². The number of benzene rings is 2. The number of rotatable bonds is 6. The summed E-state index contributed by atoms with van der Waals surface area (Å²) < 4.78 is 5.19. The average Bonchev–Trinajstić information content (AvgIpc) is 2.65. The summed E-state index contributed by atoms with van der Waals surface area (Å²) in [5.41, 5.74) is 1.01. The van der Waals surface area contributed by atoms with E-state index in [1.165, 1.54) is 12.1 Å². The number of hydrogen-bond donors (Lipinski definition) is 3. The summed E-state index contributed by atoms with van der Waals surface area (Å²) in [6.45, 7) is 1.68. The first-order valence-corrected chi connectivity index (χ1v) is 8.66. The lowest BCUT2D eigenvalue weighted by molar-refractivity contribution is -0.141. The average molecular weight is 381 g/mol. The molecule has 144 valence electrons. The van der Waals surface area contributed by atoms with E-state index in [1.807, 2.05) is 6.07 Å². The van der Waals surface area contributed by atoms with Crippen LogP contribution in [0.25, 0.3) is 11.0 Å². The molecule has 1 heterocycles. The Labute approximate surface area is 160 Å². The third kappa shape index (κ3) is 4.20. The molecule has 0 saturated heterocycles. The van der Waals surface area contributed by atoms with Gasteiger partial charge in [0.05, 0.1) is 12.0 Å². The van der Waals surface area contributed by atoms with Crippen LogP contribution in [0, 0.1) is 6.92 Å². The Morgan fingerprint density at radius 1 is 1.14 bits per heavy atom. The van der Waals surface area contributed by atoms with Crippen LogP contribution < -0.4 is 10.9 Å². The van der Waals surface area contributed by atoms with Gasteiger partial charge in [-0.25, -0.2) is 9.59 Å². The van der Waals surface area contributed by atoms with E-state index in [4.69, 9.17) is 4.42 Å². The highest BCUT2D eigenvalue weighted by Crippen LogP contribution is 2.23. The zero-order chi connectivity index (χ0) is 20.3. The number of aryl methyl sites for hydroxylation is 1. The maximum absolute atomic E-state index is 12.4. The SMILES string of the molecule is Cc1c(CC(=O)N[C@@H](Cc2ccccc2)C(=O)O)c(=O)oc2cc(O)ccc12. The summed E-state index contributed by atoms with van der Waals surface area (Å²) in [4.78, 5) is 36.2. The minimum absolute atomic E-state index is 0.0363. The maximum Gasteiger partial charge on any atom is 0.340 e. The first kappa shape index (κ1) is 19.2. The van der Waals surface area contributed by atoms with Gasteiger partial charge in [-0.15, -0.1) is 0 Å². The fourth-order valence-electron chi connectivity index (χ4n) is 3.04. The molecule has 0 aliphatic heterocycles. The fourth-order valence-corrected chi connectivity index (χ4v) is 3.04. The Bertz CT molecular complexity index is 1090. The molecule has 2 aromatic carbocycles. The number of carbonyl (C=O) groups is 2. The van der Waals surface area contributed by atoms with Gasteiger partial charge in [0.2, 0.25) is 5.91 Å². The van der Waals surface area contributed by atoms with Gasteiger partial charge in [-0.05, 0) is 30.2 Å². The van der Waals surface area contributed by atoms with Crippen LogP contribution in [0.1, 0.15) is 16.7 Å². The molecule has 0 spiro atoms. The molecule has 1 atom stereocenters. The first-order valence-electron chi connectivity index (χ1n) is 8.66. The smallest absolute Gasteiger partial charge is 0.340 e. The van der Waals surface area contributed by atoms with E-state index in [9.17, 15) is 24.6 Å². The Balaban J connectivity index is 1.81. The summed E-state index contributed by atoms with van der Waals surface area (Å²) >= 11 is 0. The lowest BCUT2D eigenvalue weighted by atomic mass is 10.0. The second-order valence-corrected chi connectivity index (χ2v) is 6.50. The highest BCUT2D eigenvalue weighted by atomic mass is 16.4. The van der Waals surface area contributed by atoms with Crippen molar-refractivity contribution in [2.45, 2.75) is 25.8 Å². The molecule has 1 amide bonds. The van der Waals surface area contributed by atoms with E-state index in [0.717, 1.165) is 5.56 Å². The molecule has 0 fully saturated rings. The predicted octanol–water partition coefficient (Wildman–Crippen LogP) is 2.16. The lowest BCUT2D eigenvalue weighted by Gasteiger charge is -2.15. The quantitative estimate of drug-likeness (QED) is 0.564. The molecule has 0 unspecified atom stereocenters. The standard InChI is InChI=1S/C21H19NO6/c1-12-15-8-7-14(23)10-18(15)28-21(27)16(12)11-19(24)22-17(20(25)26)9-13-5-3-2-4-6-13/h2-8,10,17,23H,9,11H2,1H3,(H,22,24)(H,25,26)/t17-/m0/s1. The fraction of sp³-hybridized carbons (Fsp3) is 0.190. The zero-order valence-electron chi connectivity index (χ0n) is 15.1. The van der Waals surface area contributed by atoms with Crippen LogP contribution in [0.15, 0.2) is 57.7 Å². The Kier molecular flexibility index (Phi) is 5.44. The van der Waals surface area contributed by atoms with E-state index in [0.29, 0.717) is 10.9 Å². The molecular formula is C21H19NO6. The number of phenols is 1. The van der Waals surface area contributed by atoms with Gasteiger partial charge >= 0.3 is 11.6 Å². The van der Waals surface area contributed by atoms with Gasteiger partial charge in [0.1, 0.15) is 17.4 Å². The molecule has 0 saturated carbocycles. The van der Waals surface area contributed by atoms with Crippen molar-refractivity contribution >= 4 is 22.8 Å². The van der Waals surface area contributed by atoms with E-state index in [-0.39, 0.29) is 29.7 Å². The van der Waals surface area contributed by atoms with Crippen molar-refractivity contribution in [3.8, 4) is 5.75 Å². The Morgan fingerprint density at radius 3 is 2.54 bits per heavy atom. The minimum Gasteiger partial charge on any atom is -0.508 e. The van der Waals surface area contributed by atoms with Gasteiger partial charge in [-0.1, -0.05) is 30.3 Å². The molecular weight excluding hydrogens is 362 g/mol. The Morgan fingerprint density at radius 2 is 1.86 bits per heavy atom. The summed E-state index contributed by atoms with van der Waals surface area (Å²) in [7, 11) is 0. The number of hydrogen-bond acceptors (Lipinski definition) is 5. The number of fused-ring (bicyclic) bond motifs is 1. The highest BCUT2D eigenvalue weighted by Gasteiger charge is 2.22. The van der Waals surface area contributed by atoms with Crippen LogP contribution in [0.5, 0.6) is 5.75 Å². The molecule has 7 heteroatoms. The first-order chi connectivity index (χ1) is 13.3. The van der Waals surface area contributed by atoms with Crippen molar-refractivity contribution in [2.75, 3.05) is 0 Å². The monoisotopic (exact) mass is 381 g/mol. The largest absolute Gasteiger partial charge is 0.508 e. The third-order valence-electron chi connectivity index (χ3n) is 4.52. The van der Waals surface area contributed by atoms with Crippen LogP contribution in [0.3, 0.4) is 0 Å². The molecule has 3 aromatic rings. The number of carboxylic acids is 1. The molecule has 28 heavy (non-hydrogen) atoms. The van der Waals surface area contributed by atoms with Gasteiger partial charge in [0.25, 0.3) is 0 Å². The predicted molar refractivity (Wildman–Crippen MR) is 102 cm³/mol. The van der Waals surface area contributed by atoms with Crippen LogP contribution in [0.2, 0.25) is 0 Å². The number of carboxylic acid groups (broad SMARTS) is 1. The number of aromatic hydroxyl groups is 1.